The molecule has 1 aromatic heterocycles. The first kappa shape index (κ1) is 12.3. The summed E-state index contributed by atoms with van der Waals surface area (Å²) in [5, 5.41) is 9.42. The summed E-state index contributed by atoms with van der Waals surface area (Å²) in [4.78, 5) is 20.8. The zero-order chi connectivity index (χ0) is 12.3. The minimum atomic E-state index is -0.166. The van der Waals surface area contributed by atoms with Gasteiger partial charge in [-0.1, -0.05) is 6.92 Å². The predicted molar refractivity (Wildman–Crippen MR) is 64.8 cm³/mol. The second-order valence-corrected chi connectivity index (χ2v) is 4.54. The van der Waals surface area contributed by atoms with Gasteiger partial charge >= 0.3 is 0 Å². The van der Waals surface area contributed by atoms with Crippen LogP contribution in [0.4, 0.5) is 0 Å². The average molecular weight is 237 g/mol. The second-order valence-electron chi connectivity index (χ2n) is 4.54. The number of H-pyrrole nitrogens is 1. The molecule has 5 nitrogen and oxygen atoms in total. The molecule has 0 unspecified atom stereocenters. The number of aromatic nitrogens is 2. The quantitative estimate of drug-likeness (QED) is 0.792. The number of aliphatic hydroxyl groups is 1. The highest BCUT2D eigenvalue weighted by atomic mass is 16.3. The van der Waals surface area contributed by atoms with Crippen LogP contribution in [0.3, 0.4) is 0 Å². The molecule has 0 saturated carbocycles. The Kier molecular flexibility index (Phi) is 3.91. The van der Waals surface area contributed by atoms with Crippen LogP contribution >= 0.6 is 0 Å². The molecular formula is C12H19N3O2. The van der Waals surface area contributed by atoms with E-state index in [1.54, 1.807) is 6.07 Å². The van der Waals surface area contributed by atoms with E-state index in [2.05, 4.69) is 14.9 Å². The fourth-order valence-electron chi connectivity index (χ4n) is 2.11. The molecule has 0 amide bonds. The lowest BCUT2D eigenvalue weighted by Gasteiger charge is -2.28. The maximum Gasteiger partial charge on any atom is 0.251 e. The molecule has 17 heavy (non-hydrogen) atoms. The molecule has 2 heterocycles. The largest absolute Gasteiger partial charge is 0.393 e. The van der Waals surface area contributed by atoms with Crippen molar-refractivity contribution >= 4 is 0 Å². The highest BCUT2D eigenvalue weighted by Crippen LogP contribution is 2.11. The van der Waals surface area contributed by atoms with Crippen LogP contribution in [0.25, 0.3) is 0 Å². The van der Waals surface area contributed by atoms with Crippen LogP contribution in [-0.2, 0) is 13.0 Å². The van der Waals surface area contributed by atoms with Crippen molar-refractivity contribution < 1.29 is 5.11 Å². The number of aliphatic hydroxyl groups excluding tert-OH is 1. The van der Waals surface area contributed by atoms with Crippen molar-refractivity contribution in [2.45, 2.75) is 38.8 Å². The van der Waals surface area contributed by atoms with Crippen molar-refractivity contribution in [3.05, 3.63) is 27.9 Å². The van der Waals surface area contributed by atoms with Gasteiger partial charge in [-0.05, 0) is 19.3 Å². The number of nitrogens with zero attached hydrogens (tertiary/aromatic N) is 2. The number of hydrogen-bond donors (Lipinski definition) is 2. The van der Waals surface area contributed by atoms with Crippen molar-refractivity contribution in [2.24, 2.45) is 0 Å². The summed E-state index contributed by atoms with van der Waals surface area (Å²) in [7, 11) is 0. The lowest BCUT2D eigenvalue weighted by molar-refractivity contribution is 0.0779. The molecule has 0 radical (unpaired) electrons. The third kappa shape index (κ3) is 3.38. The van der Waals surface area contributed by atoms with Gasteiger partial charge in [0, 0.05) is 24.8 Å². The van der Waals surface area contributed by atoms with E-state index in [1.165, 1.54) is 0 Å². The summed E-state index contributed by atoms with van der Waals surface area (Å²) in [6.45, 7) is 4.38. The normalized spacial score (nSPS) is 18.5. The Morgan fingerprint density at radius 2 is 2.24 bits per heavy atom. The van der Waals surface area contributed by atoms with Gasteiger partial charge in [-0.15, -0.1) is 0 Å². The van der Waals surface area contributed by atoms with Gasteiger partial charge in [0.25, 0.3) is 5.56 Å². The summed E-state index contributed by atoms with van der Waals surface area (Å²) in [5.74, 6) is 0.728. The predicted octanol–water partition coefficient (Wildman–Crippen LogP) is 0.289. The molecule has 5 heteroatoms. The van der Waals surface area contributed by atoms with Crippen LogP contribution < -0.4 is 5.56 Å². The highest BCUT2D eigenvalue weighted by Gasteiger charge is 2.17. The van der Waals surface area contributed by atoms with Crippen LogP contribution in [0.1, 0.15) is 31.3 Å². The van der Waals surface area contributed by atoms with E-state index in [0.717, 1.165) is 43.9 Å². The zero-order valence-corrected chi connectivity index (χ0v) is 10.1. The maximum atomic E-state index is 11.4. The van der Waals surface area contributed by atoms with Crippen LogP contribution in [0, 0.1) is 0 Å². The van der Waals surface area contributed by atoms with E-state index in [0.29, 0.717) is 6.54 Å². The van der Waals surface area contributed by atoms with E-state index in [1.807, 2.05) is 6.92 Å². The molecule has 94 valence electrons. The van der Waals surface area contributed by atoms with Gasteiger partial charge in [-0.2, -0.15) is 0 Å². The molecule has 0 spiro atoms. The number of hydrogen-bond acceptors (Lipinski definition) is 4. The Balaban J connectivity index is 2.03. The number of likely N-dealkylation sites (tertiary alicyclic amines) is 1. The number of aryl methyl sites for hydroxylation is 1. The molecule has 2 rings (SSSR count). The van der Waals surface area contributed by atoms with Gasteiger partial charge in [0.1, 0.15) is 5.82 Å². The van der Waals surface area contributed by atoms with Gasteiger partial charge in [-0.25, -0.2) is 4.98 Å². The third-order valence-electron chi connectivity index (χ3n) is 3.14. The van der Waals surface area contributed by atoms with E-state index in [9.17, 15) is 9.90 Å². The van der Waals surface area contributed by atoms with Crippen molar-refractivity contribution in [3.63, 3.8) is 0 Å². The molecule has 2 N–H and O–H groups in total. The maximum absolute atomic E-state index is 11.4. The molecular weight excluding hydrogens is 218 g/mol. The molecule has 0 bridgehead atoms. The first-order chi connectivity index (χ1) is 8.17. The number of aromatic amines is 1. The van der Waals surface area contributed by atoms with Crippen LogP contribution in [0.2, 0.25) is 0 Å². The molecule has 1 aliphatic heterocycles. The Bertz CT molecular complexity index is 422. The molecule has 0 atom stereocenters. The van der Waals surface area contributed by atoms with E-state index in [-0.39, 0.29) is 11.7 Å². The van der Waals surface area contributed by atoms with E-state index < -0.39 is 0 Å². The highest BCUT2D eigenvalue weighted by molar-refractivity contribution is 5.02. The summed E-state index contributed by atoms with van der Waals surface area (Å²) in [6.07, 6.45) is 2.21. The lowest BCUT2D eigenvalue weighted by atomic mass is 10.1. The monoisotopic (exact) mass is 237 g/mol. The standard InChI is InChI=1S/C12H19N3O2/c1-2-9-7-12(17)14-11(13-9)8-15-5-3-10(16)4-6-15/h7,10,16H,2-6,8H2,1H3,(H,13,14,17). The van der Waals surface area contributed by atoms with Gasteiger partial charge < -0.3 is 10.1 Å². The average Bonchev–Trinajstić information content (AvgIpc) is 2.31. The summed E-state index contributed by atoms with van der Waals surface area (Å²) in [5.41, 5.74) is 0.754. The van der Waals surface area contributed by atoms with Crippen molar-refractivity contribution in [1.82, 2.24) is 14.9 Å². The van der Waals surface area contributed by atoms with E-state index >= 15 is 0 Å². The molecule has 0 aliphatic carbocycles. The number of nitrogens with one attached hydrogen (secondary N) is 1. The Morgan fingerprint density at radius 3 is 2.88 bits per heavy atom. The van der Waals surface area contributed by atoms with Crippen LogP contribution in [-0.4, -0.2) is 39.2 Å². The Labute approximate surface area is 100 Å². The minimum Gasteiger partial charge on any atom is -0.393 e. The van der Waals surface area contributed by atoms with Crippen molar-refractivity contribution in [3.8, 4) is 0 Å². The SMILES string of the molecule is CCc1cc(=O)[nH]c(CN2CCC(O)CC2)n1. The minimum absolute atomic E-state index is 0.0797. The molecule has 0 aromatic carbocycles. The topological polar surface area (TPSA) is 69.2 Å². The molecule has 1 saturated heterocycles. The Hall–Kier alpha value is -1.20. The van der Waals surface area contributed by atoms with Gasteiger partial charge in [-0.3, -0.25) is 9.69 Å². The Morgan fingerprint density at radius 1 is 1.53 bits per heavy atom. The second kappa shape index (κ2) is 5.42. The third-order valence-corrected chi connectivity index (χ3v) is 3.14. The summed E-state index contributed by atoms with van der Waals surface area (Å²) < 4.78 is 0. The van der Waals surface area contributed by atoms with Gasteiger partial charge in [0.15, 0.2) is 0 Å². The molecule has 1 fully saturated rings. The molecule has 1 aliphatic rings. The van der Waals surface area contributed by atoms with Crippen molar-refractivity contribution in [2.75, 3.05) is 13.1 Å². The zero-order valence-electron chi connectivity index (χ0n) is 10.1. The van der Waals surface area contributed by atoms with Gasteiger partial charge in [0.05, 0.1) is 12.6 Å². The fourth-order valence-corrected chi connectivity index (χ4v) is 2.11. The van der Waals surface area contributed by atoms with Gasteiger partial charge in [0.2, 0.25) is 0 Å². The lowest BCUT2D eigenvalue weighted by Crippen LogP contribution is -2.36. The number of piperidine rings is 1. The summed E-state index contributed by atoms with van der Waals surface area (Å²) in [6, 6.07) is 1.55. The summed E-state index contributed by atoms with van der Waals surface area (Å²) >= 11 is 0. The van der Waals surface area contributed by atoms with Crippen LogP contribution in [0.5, 0.6) is 0 Å². The van der Waals surface area contributed by atoms with E-state index in [4.69, 9.17) is 0 Å². The first-order valence-electron chi connectivity index (χ1n) is 6.17. The fraction of sp³-hybridized carbons (Fsp3) is 0.667. The smallest absolute Gasteiger partial charge is 0.251 e. The molecule has 1 aromatic rings. The first-order valence-corrected chi connectivity index (χ1v) is 6.17. The van der Waals surface area contributed by atoms with Crippen LogP contribution in [0.15, 0.2) is 10.9 Å². The number of rotatable bonds is 3. The van der Waals surface area contributed by atoms with Crippen molar-refractivity contribution in [1.29, 1.82) is 0 Å².